The molecule has 8 heteroatoms. The Morgan fingerprint density at radius 3 is 2.48 bits per heavy atom. The van der Waals surface area contributed by atoms with E-state index in [2.05, 4.69) is 5.10 Å². The molecule has 0 unspecified atom stereocenters. The molecule has 1 saturated carbocycles. The normalized spacial score (nSPS) is 24.0. The number of halogens is 3. The van der Waals surface area contributed by atoms with E-state index in [-0.39, 0.29) is 16.6 Å². The number of benzene rings is 1. The maximum atomic E-state index is 13.5. The maximum Gasteiger partial charge on any atom is 0.438 e. The first-order chi connectivity index (χ1) is 12.7. The number of amides is 1. The molecule has 27 heavy (non-hydrogen) atoms. The number of aryl methyl sites for hydroxylation is 1. The zero-order chi connectivity index (χ0) is 19.7. The van der Waals surface area contributed by atoms with Gasteiger partial charge in [0.05, 0.1) is 0 Å². The first-order valence-corrected chi connectivity index (χ1v) is 9.10. The summed E-state index contributed by atoms with van der Waals surface area (Å²) in [4.78, 5) is 12.4. The molecule has 1 aromatic carbocycles. The molecule has 1 aliphatic carbocycles. The monoisotopic (exact) mass is 384 g/mol. The molecule has 3 rings (SSSR count). The number of hydrogen-bond acceptors (Lipinski definition) is 4. The standard InChI is InChI=1S/C19H23F3N2O3/c1-13-7-9-15(10-8-13)27-12-17(25)24-18(26,19(20,21)22)11-16(23-24)14-5-3-2-4-6-14/h7-10,14,26H,2-6,11-12H2,1H3/t18-/m1/s1. The Morgan fingerprint density at radius 2 is 1.89 bits per heavy atom. The highest BCUT2D eigenvalue weighted by molar-refractivity contribution is 5.92. The molecule has 1 fully saturated rings. The molecule has 0 spiro atoms. The molecule has 0 aromatic heterocycles. The molecule has 1 aliphatic heterocycles. The minimum absolute atomic E-state index is 0.122. The van der Waals surface area contributed by atoms with Crippen molar-refractivity contribution >= 4 is 11.6 Å². The van der Waals surface area contributed by atoms with Crippen LogP contribution in [0.3, 0.4) is 0 Å². The number of carbonyl (C=O) groups is 1. The van der Waals surface area contributed by atoms with E-state index in [0.29, 0.717) is 5.75 Å². The van der Waals surface area contributed by atoms with E-state index in [4.69, 9.17) is 4.74 Å². The molecule has 148 valence electrons. The van der Waals surface area contributed by atoms with Crippen LogP contribution in [0.2, 0.25) is 0 Å². The van der Waals surface area contributed by atoms with Crippen LogP contribution < -0.4 is 4.74 Å². The third-order valence-corrected chi connectivity index (χ3v) is 5.16. The molecular formula is C19H23F3N2O3. The Kier molecular flexibility index (Phi) is 5.46. The van der Waals surface area contributed by atoms with Gasteiger partial charge in [0.1, 0.15) is 5.75 Å². The SMILES string of the molecule is Cc1ccc(OCC(=O)N2N=C(C3CCCCC3)C[C@@]2(O)C(F)(F)F)cc1. The van der Waals surface area contributed by atoms with E-state index in [1.165, 1.54) is 0 Å². The number of hydrogen-bond donors (Lipinski definition) is 1. The third-order valence-electron chi connectivity index (χ3n) is 5.16. The summed E-state index contributed by atoms with van der Waals surface area (Å²) in [5.41, 5.74) is -2.08. The Hall–Kier alpha value is -2.09. The van der Waals surface area contributed by atoms with Crippen molar-refractivity contribution in [2.24, 2.45) is 11.0 Å². The molecule has 1 amide bonds. The second-order valence-corrected chi connectivity index (χ2v) is 7.22. The summed E-state index contributed by atoms with van der Waals surface area (Å²) >= 11 is 0. The van der Waals surface area contributed by atoms with Gasteiger partial charge in [0, 0.05) is 12.1 Å². The van der Waals surface area contributed by atoms with Crippen molar-refractivity contribution in [1.29, 1.82) is 0 Å². The van der Waals surface area contributed by atoms with Crippen LogP contribution in [-0.2, 0) is 4.79 Å². The summed E-state index contributed by atoms with van der Waals surface area (Å²) in [5, 5.41) is 14.4. The largest absolute Gasteiger partial charge is 0.484 e. The first-order valence-electron chi connectivity index (χ1n) is 9.10. The van der Waals surface area contributed by atoms with Crippen molar-refractivity contribution in [3.63, 3.8) is 0 Å². The number of ether oxygens (including phenoxy) is 1. The lowest BCUT2D eigenvalue weighted by Gasteiger charge is -2.32. The molecular weight excluding hydrogens is 361 g/mol. The van der Waals surface area contributed by atoms with Gasteiger partial charge in [-0.15, -0.1) is 0 Å². The Bertz CT molecular complexity index is 712. The van der Waals surface area contributed by atoms with Gasteiger partial charge in [-0.25, -0.2) is 0 Å². The van der Waals surface area contributed by atoms with Crippen molar-refractivity contribution in [2.75, 3.05) is 6.61 Å². The lowest BCUT2D eigenvalue weighted by atomic mass is 9.83. The Labute approximate surface area is 155 Å². The molecule has 1 N–H and O–H groups in total. The number of rotatable bonds is 4. The summed E-state index contributed by atoms with van der Waals surface area (Å²) in [5.74, 6) is -0.787. The Balaban J connectivity index is 1.76. The molecule has 5 nitrogen and oxygen atoms in total. The quantitative estimate of drug-likeness (QED) is 0.859. The van der Waals surface area contributed by atoms with Crippen molar-refractivity contribution in [3.8, 4) is 5.75 Å². The molecule has 2 aliphatic rings. The molecule has 0 saturated heterocycles. The lowest BCUT2D eigenvalue weighted by molar-refractivity contribution is -0.302. The first kappa shape index (κ1) is 19.7. The fourth-order valence-corrected chi connectivity index (χ4v) is 3.56. The average molecular weight is 384 g/mol. The van der Waals surface area contributed by atoms with Gasteiger partial charge < -0.3 is 9.84 Å². The highest BCUT2D eigenvalue weighted by Gasteiger charge is 2.63. The summed E-state index contributed by atoms with van der Waals surface area (Å²) in [6, 6.07) is 6.78. The van der Waals surface area contributed by atoms with Crippen molar-refractivity contribution in [1.82, 2.24) is 5.01 Å². The zero-order valence-corrected chi connectivity index (χ0v) is 15.1. The zero-order valence-electron chi connectivity index (χ0n) is 15.1. The van der Waals surface area contributed by atoms with Gasteiger partial charge >= 0.3 is 6.18 Å². The van der Waals surface area contributed by atoms with E-state index in [9.17, 15) is 23.1 Å². The summed E-state index contributed by atoms with van der Waals surface area (Å²) in [6.45, 7) is 1.24. The Morgan fingerprint density at radius 1 is 1.26 bits per heavy atom. The van der Waals surface area contributed by atoms with Gasteiger partial charge in [-0.2, -0.15) is 23.3 Å². The molecule has 1 heterocycles. The molecule has 0 radical (unpaired) electrons. The minimum atomic E-state index is -5.01. The van der Waals surface area contributed by atoms with Crippen LogP contribution in [0.1, 0.15) is 44.1 Å². The fourth-order valence-electron chi connectivity index (χ4n) is 3.56. The van der Waals surface area contributed by atoms with Gasteiger partial charge in [0.2, 0.25) is 0 Å². The predicted octanol–water partition coefficient (Wildman–Crippen LogP) is 3.79. The summed E-state index contributed by atoms with van der Waals surface area (Å²) < 4.78 is 45.9. The number of alkyl halides is 3. The van der Waals surface area contributed by atoms with Gasteiger partial charge in [0.25, 0.3) is 11.6 Å². The topological polar surface area (TPSA) is 62.1 Å². The van der Waals surface area contributed by atoms with Crippen molar-refractivity contribution in [2.45, 2.75) is 57.3 Å². The van der Waals surface area contributed by atoms with Crippen LogP contribution in [0.5, 0.6) is 5.75 Å². The van der Waals surface area contributed by atoms with E-state index >= 15 is 0 Å². The van der Waals surface area contributed by atoms with Crippen LogP contribution in [0.15, 0.2) is 29.4 Å². The van der Waals surface area contributed by atoms with Crippen LogP contribution in [-0.4, -0.2) is 40.2 Å². The number of nitrogens with zero attached hydrogens (tertiary/aromatic N) is 2. The van der Waals surface area contributed by atoms with E-state index in [1.807, 2.05) is 6.92 Å². The second kappa shape index (κ2) is 7.50. The van der Waals surface area contributed by atoms with Crippen LogP contribution >= 0.6 is 0 Å². The molecule has 1 atom stereocenters. The smallest absolute Gasteiger partial charge is 0.438 e. The lowest BCUT2D eigenvalue weighted by Crippen LogP contribution is -2.57. The number of aliphatic hydroxyl groups is 1. The summed E-state index contributed by atoms with van der Waals surface area (Å²) in [7, 11) is 0. The van der Waals surface area contributed by atoms with Crippen molar-refractivity contribution in [3.05, 3.63) is 29.8 Å². The highest BCUT2D eigenvalue weighted by Crippen LogP contribution is 2.43. The maximum absolute atomic E-state index is 13.5. The average Bonchev–Trinajstić information content (AvgIpc) is 3.01. The minimum Gasteiger partial charge on any atom is -0.484 e. The van der Waals surface area contributed by atoms with Gasteiger partial charge in [-0.3, -0.25) is 4.79 Å². The predicted molar refractivity (Wildman–Crippen MR) is 93.2 cm³/mol. The van der Waals surface area contributed by atoms with E-state index in [1.54, 1.807) is 24.3 Å². The van der Waals surface area contributed by atoms with Crippen LogP contribution in [0.4, 0.5) is 13.2 Å². The number of hydrazone groups is 1. The van der Waals surface area contributed by atoms with Crippen LogP contribution in [0.25, 0.3) is 0 Å². The summed E-state index contributed by atoms with van der Waals surface area (Å²) in [6.07, 6.45) is -1.37. The third kappa shape index (κ3) is 4.10. The number of carbonyl (C=O) groups excluding carboxylic acids is 1. The molecule has 0 bridgehead atoms. The van der Waals surface area contributed by atoms with Crippen LogP contribution in [0, 0.1) is 12.8 Å². The second-order valence-electron chi connectivity index (χ2n) is 7.22. The van der Waals surface area contributed by atoms with E-state index < -0.39 is 30.8 Å². The highest BCUT2D eigenvalue weighted by atomic mass is 19.4. The van der Waals surface area contributed by atoms with Gasteiger partial charge in [-0.1, -0.05) is 37.0 Å². The van der Waals surface area contributed by atoms with Gasteiger partial charge in [-0.05, 0) is 37.8 Å². The van der Waals surface area contributed by atoms with Gasteiger partial charge in [0.15, 0.2) is 6.61 Å². The fraction of sp³-hybridized carbons (Fsp3) is 0.579. The van der Waals surface area contributed by atoms with E-state index in [0.717, 1.165) is 37.7 Å². The van der Waals surface area contributed by atoms with Crippen molar-refractivity contribution < 1.29 is 27.8 Å². The molecule has 1 aromatic rings.